The molecule has 418 valence electrons. The highest BCUT2D eigenvalue weighted by atomic mass is 15.1. The van der Waals surface area contributed by atoms with Crippen LogP contribution in [0.5, 0.6) is 0 Å². The number of benzene rings is 8. The zero-order valence-corrected chi connectivity index (χ0v) is 51.4. The topological polar surface area (TPSA) is 89.2 Å². The van der Waals surface area contributed by atoms with Gasteiger partial charge in [-0.2, -0.15) is 10.2 Å². The average Bonchev–Trinajstić information content (AvgIpc) is 4.21. The van der Waals surface area contributed by atoms with E-state index >= 15 is 0 Å². The molecule has 2 aliphatic rings. The summed E-state index contributed by atoms with van der Waals surface area (Å²) < 4.78 is 0. The van der Waals surface area contributed by atoms with E-state index in [0.717, 1.165) is 38.8 Å². The summed E-state index contributed by atoms with van der Waals surface area (Å²) in [4.78, 5) is 21.2. The summed E-state index contributed by atoms with van der Waals surface area (Å²) in [6.45, 7) is 33.9. The third-order valence-electron chi connectivity index (χ3n) is 14.1. The number of rotatable bonds is 0. The number of nitrogens with zero attached hydrogens (tertiary/aromatic N) is 7. The van der Waals surface area contributed by atoms with Crippen LogP contribution in [0.25, 0.3) is 43.4 Å². The van der Waals surface area contributed by atoms with Crippen molar-refractivity contribution < 1.29 is 0 Å². The quantitative estimate of drug-likeness (QED) is 0.141. The summed E-state index contributed by atoms with van der Waals surface area (Å²) in [7, 11) is 0. The molecule has 4 heterocycles. The van der Waals surface area contributed by atoms with Crippen LogP contribution in [0.4, 0.5) is 0 Å². The normalized spacial score (nSPS) is 11.4. The second-order valence-electron chi connectivity index (χ2n) is 21.6. The summed E-state index contributed by atoms with van der Waals surface area (Å²) in [5.41, 5.74) is 22.1. The molecule has 0 spiro atoms. The zero-order valence-electron chi connectivity index (χ0n) is 51.4. The molecule has 0 saturated heterocycles. The predicted molar refractivity (Wildman–Crippen MR) is 350 cm³/mol. The van der Waals surface area contributed by atoms with Crippen LogP contribution in [-0.2, 0) is 0 Å². The van der Waals surface area contributed by atoms with Gasteiger partial charge in [-0.15, -0.1) is 0 Å². The molecule has 0 N–H and O–H groups in total. The van der Waals surface area contributed by atoms with Gasteiger partial charge in [-0.3, -0.25) is 24.9 Å². The minimum absolute atomic E-state index is 0.612. The summed E-state index contributed by atoms with van der Waals surface area (Å²) >= 11 is 0. The Hall–Kier alpha value is -8.81. The predicted octanol–water partition coefficient (Wildman–Crippen LogP) is 18.2. The van der Waals surface area contributed by atoms with Gasteiger partial charge in [0.05, 0.1) is 33.1 Å². The molecular weight excluding hydrogens is 999 g/mol. The van der Waals surface area contributed by atoms with Crippen LogP contribution in [0, 0.1) is 96.9 Å². The number of aromatic nitrogens is 5. The molecule has 0 fully saturated rings. The third kappa shape index (κ3) is 18.6. The summed E-state index contributed by atoms with van der Waals surface area (Å²) in [6.07, 6.45) is 10.9. The molecule has 1 aliphatic heterocycles. The first-order chi connectivity index (χ1) is 39.3. The second kappa shape index (κ2) is 30.7. The molecule has 0 atom stereocenters. The van der Waals surface area contributed by atoms with Crippen molar-refractivity contribution in [2.45, 2.75) is 117 Å². The van der Waals surface area contributed by atoms with Gasteiger partial charge < -0.3 is 0 Å². The number of allylic oxidation sites excluding steroid dienone is 4. The van der Waals surface area contributed by atoms with E-state index < -0.39 is 0 Å². The molecule has 13 rings (SSSR count). The zero-order chi connectivity index (χ0) is 59.3. The smallest absolute Gasteiger partial charge is 0.130 e. The Labute approximate surface area is 488 Å². The van der Waals surface area contributed by atoms with Crippen molar-refractivity contribution in [1.82, 2.24) is 25.1 Å². The van der Waals surface area contributed by atoms with Gasteiger partial charge in [-0.05, 0) is 230 Å². The molecule has 8 aromatic carbocycles. The van der Waals surface area contributed by atoms with Crippen LogP contribution in [0.2, 0.25) is 0 Å². The minimum atomic E-state index is 0.612. The van der Waals surface area contributed by atoms with Gasteiger partial charge in [0.1, 0.15) is 6.67 Å². The number of aryl methyl sites for hydroxylation is 14. The molecule has 11 aromatic rings. The number of fused-ring (bicyclic) bond motifs is 5. The fourth-order valence-corrected chi connectivity index (χ4v) is 9.09. The lowest BCUT2D eigenvalue weighted by Crippen LogP contribution is -2.26. The van der Waals surface area contributed by atoms with Gasteiger partial charge in [0.2, 0.25) is 0 Å². The molecule has 82 heavy (non-hydrogen) atoms. The van der Waals surface area contributed by atoms with E-state index in [1.165, 1.54) is 111 Å². The van der Waals surface area contributed by atoms with Crippen molar-refractivity contribution in [3.63, 3.8) is 0 Å². The maximum absolute atomic E-state index is 4.29. The van der Waals surface area contributed by atoms with Crippen LogP contribution < -0.4 is 10.7 Å². The molecule has 0 bridgehead atoms. The van der Waals surface area contributed by atoms with E-state index in [0.29, 0.717) is 6.67 Å². The molecule has 0 radical (unpaired) electrons. The van der Waals surface area contributed by atoms with Gasteiger partial charge in [-0.1, -0.05) is 162 Å². The monoisotopic (exact) mass is 1080 g/mol. The van der Waals surface area contributed by atoms with Crippen molar-refractivity contribution in [3.05, 3.63) is 289 Å². The van der Waals surface area contributed by atoms with Crippen LogP contribution >= 0.6 is 0 Å². The first kappa shape index (κ1) is 62.4. The number of pyridine rings is 1. The van der Waals surface area contributed by atoms with E-state index in [2.05, 4.69) is 270 Å². The van der Waals surface area contributed by atoms with Crippen LogP contribution in [0.1, 0.15) is 98.5 Å². The molecule has 1 aliphatic carbocycles. The molecule has 3 aromatic heterocycles. The van der Waals surface area contributed by atoms with Crippen LogP contribution in [-0.4, -0.2) is 31.8 Å². The van der Waals surface area contributed by atoms with Crippen molar-refractivity contribution in [3.8, 4) is 0 Å². The minimum Gasteiger partial charge on any atom is -0.261 e. The maximum atomic E-state index is 4.29. The Balaban J connectivity index is 0.000000153. The van der Waals surface area contributed by atoms with E-state index in [1.807, 2.05) is 52.1 Å². The van der Waals surface area contributed by atoms with Crippen LogP contribution in [0.3, 0.4) is 0 Å². The van der Waals surface area contributed by atoms with Gasteiger partial charge in [0.25, 0.3) is 0 Å². The highest BCUT2D eigenvalue weighted by molar-refractivity contribution is 6.01. The summed E-state index contributed by atoms with van der Waals surface area (Å²) in [5.74, 6) is 0. The molecule has 7 nitrogen and oxygen atoms in total. The maximum Gasteiger partial charge on any atom is 0.130 e. The van der Waals surface area contributed by atoms with Gasteiger partial charge in [-0.25, -0.2) is 0 Å². The first-order valence-corrected chi connectivity index (χ1v) is 28.3. The Kier molecular flexibility index (Phi) is 23.3. The van der Waals surface area contributed by atoms with Gasteiger partial charge >= 0.3 is 0 Å². The summed E-state index contributed by atoms with van der Waals surface area (Å²) in [5, 5.41) is 18.0. The number of hydrogen-bond donors (Lipinski definition) is 0. The van der Waals surface area contributed by atoms with Crippen LogP contribution in [0.15, 0.2) is 210 Å². The lowest BCUT2D eigenvalue weighted by atomic mass is 9.97. The first-order valence-electron chi connectivity index (χ1n) is 28.3. The van der Waals surface area contributed by atoms with Crippen molar-refractivity contribution in [2.24, 2.45) is 9.98 Å². The van der Waals surface area contributed by atoms with E-state index in [1.54, 1.807) is 12.4 Å². The van der Waals surface area contributed by atoms with Crippen molar-refractivity contribution >= 4 is 43.4 Å². The largest absolute Gasteiger partial charge is 0.261 e. The lowest BCUT2D eigenvalue weighted by molar-refractivity contribution is 0.941. The summed E-state index contributed by atoms with van der Waals surface area (Å²) in [6, 6.07) is 55.2. The Morgan fingerprint density at radius 2 is 0.659 bits per heavy atom. The fraction of sp³-hybridized carbons (Fsp3) is 0.240. The Bertz CT molecular complexity index is 3630. The molecule has 7 heteroatoms. The standard InChI is InChI=1S/C16H14.C12H12.C10H10N2.C9H10N2.C8H10.C7H9N.C7H10.C6H8N2/c1-11-7-8-12(2)16-10-14-6-4-3-5-13(14)9-15(11)16;1-9-7-8-10(2)12-6-4-3-5-11(9)12;1-7-3-4-8(2)10-9(7)11-5-6-12-10;1-6-3-4-7(2)9-8(6)10-5-11-9;1-7-3-5-8(2)6-4-7;1-6-3-4-7(2)8-5-6;1-6-3-4-7(2)5-6;1-5-3-4-6(2)8-7-5/h3-10H,1-2H3;3-8H,1-2H3;3-6H,1-2H3;3-4H,5H2,1-2H3;3-6H,1-2H3;3-5H,1-2H3;3-4H,5H2,1-2H3;3-4H,1-2H3. The Morgan fingerprint density at radius 3 is 1.01 bits per heavy atom. The van der Waals surface area contributed by atoms with Gasteiger partial charge in [0.15, 0.2) is 0 Å². The SMILES string of the molecule is CC1=CC=C(C)C1.Cc1ccc(C)c2c1=NCN=2.Cc1ccc(C)c2cc3ccccc3cc12.Cc1ccc(C)c2ccccc12.Cc1ccc(C)c2nccnc12.Cc1ccc(C)cc1.Cc1ccc(C)nc1.Cc1ccc(C)nn1. The fourth-order valence-electron chi connectivity index (χ4n) is 9.09. The third-order valence-corrected chi connectivity index (χ3v) is 14.1. The second-order valence-corrected chi connectivity index (χ2v) is 21.6. The van der Waals surface area contributed by atoms with E-state index in [9.17, 15) is 0 Å². The van der Waals surface area contributed by atoms with Gasteiger partial charge in [0, 0.05) is 24.3 Å². The molecule has 0 unspecified atom stereocenters. The highest BCUT2D eigenvalue weighted by Crippen LogP contribution is 2.28. The highest BCUT2D eigenvalue weighted by Gasteiger charge is 2.05. The molecule has 0 saturated carbocycles. The Morgan fingerprint density at radius 1 is 0.305 bits per heavy atom. The lowest BCUT2D eigenvalue weighted by Gasteiger charge is -2.07. The van der Waals surface area contributed by atoms with Crippen molar-refractivity contribution in [1.29, 1.82) is 0 Å². The van der Waals surface area contributed by atoms with E-state index in [4.69, 9.17) is 0 Å². The molecule has 0 amide bonds. The van der Waals surface area contributed by atoms with E-state index in [-0.39, 0.29) is 0 Å². The van der Waals surface area contributed by atoms with Crippen molar-refractivity contribution in [2.75, 3.05) is 6.67 Å². The molecular formula is C75H83N7. The average molecular weight is 1080 g/mol. The number of hydrogen-bond acceptors (Lipinski definition) is 7.